The van der Waals surface area contributed by atoms with Gasteiger partial charge in [-0.3, -0.25) is 0 Å². The molecule has 1 aromatic carbocycles. The van der Waals surface area contributed by atoms with Crippen molar-refractivity contribution >= 4 is 11.8 Å². The van der Waals surface area contributed by atoms with Gasteiger partial charge in [0.05, 0.1) is 0 Å². The van der Waals surface area contributed by atoms with Crippen molar-refractivity contribution in [3.8, 4) is 0 Å². The largest absolute Gasteiger partial charge is 0.349 e. The Kier molecular flexibility index (Phi) is 4.71. The van der Waals surface area contributed by atoms with Crippen molar-refractivity contribution in [3.63, 3.8) is 0 Å². The van der Waals surface area contributed by atoms with Gasteiger partial charge in [0, 0.05) is 35.1 Å². The molecule has 1 aliphatic rings. The van der Waals surface area contributed by atoms with Crippen molar-refractivity contribution in [1.82, 2.24) is 9.88 Å². The molecule has 1 unspecified atom stereocenters. The molecule has 0 radical (unpaired) electrons. The molecule has 21 heavy (non-hydrogen) atoms. The van der Waals surface area contributed by atoms with Crippen molar-refractivity contribution in [3.05, 3.63) is 53.9 Å². The zero-order valence-corrected chi connectivity index (χ0v) is 13.7. The van der Waals surface area contributed by atoms with Gasteiger partial charge in [-0.15, -0.1) is 11.8 Å². The highest BCUT2D eigenvalue weighted by Gasteiger charge is 2.22. The third kappa shape index (κ3) is 3.72. The SMILES string of the molecule is CC(C)CNCc1cccn1CC1Cc2ccccc2S1. The Hall–Kier alpha value is -1.19. The molecule has 1 aliphatic heterocycles. The molecule has 1 aromatic heterocycles. The summed E-state index contributed by atoms with van der Waals surface area (Å²) in [7, 11) is 0. The van der Waals surface area contributed by atoms with E-state index < -0.39 is 0 Å². The van der Waals surface area contributed by atoms with Gasteiger partial charge < -0.3 is 9.88 Å². The Balaban J connectivity index is 1.58. The summed E-state index contributed by atoms with van der Waals surface area (Å²) in [5, 5.41) is 4.21. The molecule has 0 saturated carbocycles. The second kappa shape index (κ2) is 6.71. The quantitative estimate of drug-likeness (QED) is 0.870. The zero-order valence-electron chi connectivity index (χ0n) is 12.9. The molecular weight excluding hydrogens is 276 g/mol. The molecule has 1 atom stereocenters. The van der Waals surface area contributed by atoms with Crippen molar-refractivity contribution in [2.24, 2.45) is 5.92 Å². The van der Waals surface area contributed by atoms with E-state index in [1.807, 2.05) is 11.8 Å². The molecule has 2 heterocycles. The first-order valence-electron chi connectivity index (χ1n) is 7.81. The summed E-state index contributed by atoms with van der Waals surface area (Å²) in [6.07, 6.45) is 3.41. The average Bonchev–Trinajstić information content (AvgIpc) is 3.05. The van der Waals surface area contributed by atoms with Crippen LogP contribution in [-0.2, 0) is 19.5 Å². The van der Waals surface area contributed by atoms with Gasteiger partial charge in [-0.2, -0.15) is 0 Å². The summed E-state index contributed by atoms with van der Waals surface area (Å²) < 4.78 is 2.41. The third-order valence-corrected chi connectivity index (χ3v) is 5.20. The lowest BCUT2D eigenvalue weighted by atomic mass is 10.1. The van der Waals surface area contributed by atoms with Crippen LogP contribution in [0.1, 0.15) is 25.1 Å². The van der Waals surface area contributed by atoms with Crippen LogP contribution in [0.25, 0.3) is 0 Å². The molecule has 3 rings (SSSR count). The molecule has 0 spiro atoms. The number of hydrogen-bond donors (Lipinski definition) is 1. The molecule has 2 nitrogen and oxygen atoms in total. The second-order valence-electron chi connectivity index (χ2n) is 6.23. The number of aromatic nitrogens is 1. The fourth-order valence-electron chi connectivity index (χ4n) is 2.85. The highest BCUT2D eigenvalue weighted by Crippen LogP contribution is 2.37. The minimum Gasteiger partial charge on any atom is -0.349 e. The average molecular weight is 300 g/mol. The van der Waals surface area contributed by atoms with Crippen LogP contribution in [0.3, 0.4) is 0 Å². The minimum atomic E-state index is 0.665. The van der Waals surface area contributed by atoms with E-state index >= 15 is 0 Å². The van der Waals surface area contributed by atoms with Crippen LogP contribution in [0.5, 0.6) is 0 Å². The summed E-state index contributed by atoms with van der Waals surface area (Å²) in [4.78, 5) is 1.47. The van der Waals surface area contributed by atoms with E-state index in [-0.39, 0.29) is 0 Å². The van der Waals surface area contributed by atoms with Crippen LogP contribution in [0, 0.1) is 5.92 Å². The minimum absolute atomic E-state index is 0.665. The van der Waals surface area contributed by atoms with E-state index in [4.69, 9.17) is 0 Å². The Labute approximate surface area is 131 Å². The van der Waals surface area contributed by atoms with Crippen LogP contribution < -0.4 is 5.32 Å². The number of thioether (sulfide) groups is 1. The highest BCUT2D eigenvalue weighted by atomic mass is 32.2. The van der Waals surface area contributed by atoms with Gasteiger partial charge in [0.2, 0.25) is 0 Å². The normalized spacial score (nSPS) is 17.4. The monoisotopic (exact) mass is 300 g/mol. The maximum atomic E-state index is 3.54. The van der Waals surface area contributed by atoms with Gasteiger partial charge >= 0.3 is 0 Å². The first-order valence-corrected chi connectivity index (χ1v) is 8.69. The molecule has 1 N–H and O–H groups in total. The summed E-state index contributed by atoms with van der Waals surface area (Å²) in [6, 6.07) is 13.2. The molecule has 0 aliphatic carbocycles. The molecular formula is C18H24N2S. The first-order chi connectivity index (χ1) is 10.2. The number of nitrogens with zero attached hydrogens (tertiary/aromatic N) is 1. The molecule has 112 valence electrons. The van der Waals surface area contributed by atoms with Crippen LogP contribution in [0.15, 0.2) is 47.5 Å². The number of hydrogen-bond acceptors (Lipinski definition) is 2. The van der Waals surface area contributed by atoms with Gasteiger partial charge in [0.1, 0.15) is 0 Å². The van der Waals surface area contributed by atoms with Crippen molar-refractivity contribution in [2.75, 3.05) is 6.54 Å². The Bertz CT molecular complexity index is 563. The van der Waals surface area contributed by atoms with Crippen LogP contribution in [0.4, 0.5) is 0 Å². The van der Waals surface area contributed by atoms with Gasteiger partial charge in [-0.25, -0.2) is 0 Å². The summed E-state index contributed by atoms with van der Waals surface area (Å²) in [6.45, 7) is 7.65. The summed E-state index contributed by atoms with van der Waals surface area (Å²) in [5.74, 6) is 0.702. The smallest absolute Gasteiger partial charge is 0.0359 e. The fraction of sp³-hybridized carbons (Fsp3) is 0.444. The van der Waals surface area contributed by atoms with E-state index in [0.29, 0.717) is 11.2 Å². The van der Waals surface area contributed by atoms with Gasteiger partial charge in [0.15, 0.2) is 0 Å². The van der Waals surface area contributed by atoms with Gasteiger partial charge in [0.25, 0.3) is 0 Å². The van der Waals surface area contributed by atoms with Crippen LogP contribution in [0.2, 0.25) is 0 Å². The predicted molar refractivity (Wildman–Crippen MR) is 90.8 cm³/mol. The predicted octanol–water partition coefficient (Wildman–Crippen LogP) is 3.95. The second-order valence-corrected chi connectivity index (χ2v) is 7.57. The molecule has 0 bridgehead atoms. The highest BCUT2D eigenvalue weighted by molar-refractivity contribution is 8.00. The maximum Gasteiger partial charge on any atom is 0.0359 e. The molecule has 0 amide bonds. The number of nitrogens with one attached hydrogen (secondary N) is 1. The van der Waals surface area contributed by atoms with E-state index in [9.17, 15) is 0 Å². The number of fused-ring (bicyclic) bond motifs is 1. The Morgan fingerprint density at radius 1 is 1.24 bits per heavy atom. The lowest BCUT2D eigenvalue weighted by Gasteiger charge is -2.15. The van der Waals surface area contributed by atoms with E-state index in [1.54, 1.807) is 0 Å². The zero-order chi connectivity index (χ0) is 14.7. The van der Waals surface area contributed by atoms with Crippen molar-refractivity contribution in [2.45, 2.75) is 43.5 Å². The standard InChI is InChI=1S/C18H24N2S/c1-14(2)11-19-12-16-7-5-9-20(16)13-17-10-15-6-3-4-8-18(15)21-17/h3-9,14,17,19H,10-13H2,1-2H3. The summed E-state index contributed by atoms with van der Waals surface area (Å²) in [5.41, 5.74) is 2.91. The molecule has 3 heteroatoms. The van der Waals surface area contributed by atoms with Gasteiger partial charge in [-0.1, -0.05) is 32.0 Å². The summed E-state index contributed by atoms with van der Waals surface area (Å²) >= 11 is 2.03. The first kappa shape index (κ1) is 14.7. The molecule has 0 fully saturated rings. The molecule has 0 saturated heterocycles. The van der Waals surface area contributed by atoms with Gasteiger partial charge in [-0.05, 0) is 42.6 Å². The van der Waals surface area contributed by atoms with E-state index in [0.717, 1.165) is 19.6 Å². The van der Waals surface area contributed by atoms with Crippen molar-refractivity contribution < 1.29 is 0 Å². The fourth-order valence-corrected chi connectivity index (χ4v) is 4.17. The lowest BCUT2D eigenvalue weighted by Crippen LogP contribution is -2.22. The van der Waals surface area contributed by atoms with E-state index in [2.05, 4.69) is 66.3 Å². The third-order valence-electron chi connectivity index (χ3n) is 3.90. The Morgan fingerprint density at radius 3 is 2.90 bits per heavy atom. The van der Waals surface area contributed by atoms with Crippen LogP contribution in [-0.4, -0.2) is 16.4 Å². The van der Waals surface area contributed by atoms with Crippen molar-refractivity contribution in [1.29, 1.82) is 0 Å². The van der Waals surface area contributed by atoms with Crippen LogP contribution >= 0.6 is 11.8 Å². The lowest BCUT2D eigenvalue weighted by molar-refractivity contribution is 0.532. The maximum absolute atomic E-state index is 3.54. The van der Waals surface area contributed by atoms with E-state index in [1.165, 1.54) is 22.6 Å². The molecule has 2 aromatic rings. The topological polar surface area (TPSA) is 17.0 Å². The Morgan fingerprint density at radius 2 is 2.10 bits per heavy atom. The number of rotatable bonds is 6. The number of benzene rings is 1.